The van der Waals surface area contributed by atoms with Crippen molar-refractivity contribution < 1.29 is 14.3 Å². The van der Waals surface area contributed by atoms with Gasteiger partial charge in [0.1, 0.15) is 0 Å². The van der Waals surface area contributed by atoms with Crippen LogP contribution in [0.3, 0.4) is 0 Å². The van der Waals surface area contributed by atoms with Crippen molar-refractivity contribution in [2.45, 2.75) is 31.6 Å². The molecular weight excluding hydrogens is 324 g/mol. The number of hydrogen-bond acceptors (Lipinski definition) is 5. The summed E-state index contributed by atoms with van der Waals surface area (Å²) in [4.78, 5) is 30.3. The van der Waals surface area contributed by atoms with E-state index >= 15 is 0 Å². The molecule has 1 aliphatic rings. The van der Waals surface area contributed by atoms with Crippen molar-refractivity contribution in [2.75, 3.05) is 20.7 Å². The van der Waals surface area contributed by atoms with Crippen LogP contribution in [0.1, 0.15) is 36.6 Å². The second kappa shape index (κ2) is 7.30. The standard InChI is InChI=1S/C18H22N2O3S/c1-20(2)16(21)11-23-18(22)13-8-4-3-7-12(13)17-19-14-9-5-6-10-15(14)24-17/h5-6,9-10,12-13H,3-4,7-8,11H2,1-2H3/t12-,13+/m1/s1. The Bertz CT molecular complexity index is 708. The number of para-hydroxylation sites is 1. The van der Waals surface area contributed by atoms with Gasteiger partial charge in [-0.25, -0.2) is 4.98 Å². The Labute approximate surface area is 145 Å². The lowest BCUT2D eigenvalue weighted by Crippen LogP contribution is -2.32. The highest BCUT2D eigenvalue weighted by Gasteiger charge is 2.35. The van der Waals surface area contributed by atoms with E-state index in [0.29, 0.717) is 0 Å². The van der Waals surface area contributed by atoms with E-state index in [4.69, 9.17) is 9.72 Å². The molecule has 128 valence electrons. The van der Waals surface area contributed by atoms with E-state index in [2.05, 4.69) is 6.07 Å². The lowest BCUT2D eigenvalue weighted by molar-refractivity contribution is -0.156. The number of carbonyl (C=O) groups is 2. The monoisotopic (exact) mass is 346 g/mol. The average Bonchev–Trinajstić information content (AvgIpc) is 3.03. The Kier molecular flexibility index (Phi) is 5.14. The van der Waals surface area contributed by atoms with Crippen molar-refractivity contribution in [1.29, 1.82) is 0 Å². The van der Waals surface area contributed by atoms with Gasteiger partial charge in [0.25, 0.3) is 5.91 Å². The summed E-state index contributed by atoms with van der Waals surface area (Å²) in [6, 6.07) is 8.04. The summed E-state index contributed by atoms with van der Waals surface area (Å²) in [6.07, 6.45) is 3.86. The molecule has 0 spiro atoms. The Morgan fingerprint density at radius 3 is 2.75 bits per heavy atom. The molecular formula is C18H22N2O3S. The van der Waals surface area contributed by atoms with E-state index in [1.807, 2.05) is 18.2 Å². The topological polar surface area (TPSA) is 59.5 Å². The minimum atomic E-state index is -0.269. The van der Waals surface area contributed by atoms with E-state index in [9.17, 15) is 9.59 Å². The zero-order valence-electron chi connectivity index (χ0n) is 14.0. The normalized spacial score (nSPS) is 20.8. The zero-order valence-corrected chi connectivity index (χ0v) is 14.8. The van der Waals surface area contributed by atoms with Gasteiger partial charge in [0, 0.05) is 20.0 Å². The molecule has 24 heavy (non-hydrogen) atoms. The van der Waals surface area contributed by atoms with E-state index in [1.54, 1.807) is 25.4 Å². The third kappa shape index (κ3) is 3.59. The molecule has 1 fully saturated rings. The number of thiazole rings is 1. The summed E-state index contributed by atoms with van der Waals surface area (Å²) in [5.41, 5.74) is 0.984. The molecule has 0 bridgehead atoms. The van der Waals surface area contributed by atoms with Gasteiger partial charge in [-0.05, 0) is 25.0 Å². The first-order chi connectivity index (χ1) is 11.6. The maximum absolute atomic E-state index is 12.5. The number of aromatic nitrogens is 1. The van der Waals surface area contributed by atoms with Crippen LogP contribution in [0.25, 0.3) is 10.2 Å². The third-order valence-electron chi connectivity index (χ3n) is 4.53. The number of nitrogens with zero attached hydrogens (tertiary/aromatic N) is 2. The number of fused-ring (bicyclic) bond motifs is 1. The molecule has 0 aliphatic heterocycles. The van der Waals surface area contributed by atoms with Crippen molar-refractivity contribution in [3.8, 4) is 0 Å². The fourth-order valence-electron chi connectivity index (χ4n) is 3.13. The van der Waals surface area contributed by atoms with Gasteiger partial charge >= 0.3 is 5.97 Å². The largest absolute Gasteiger partial charge is 0.455 e. The Morgan fingerprint density at radius 1 is 1.25 bits per heavy atom. The van der Waals surface area contributed by atoms with Crippen molar-refractivity contribution in [2.24, 2.45) is 5.92 Å². The second-order valence-electron chi connectivity index (χ2n) is 6.41. The Hall–Kier alpha value is -1.95. The zero-order chi connectivity index (χ0) is 17.1. The predicted molar refractivity (Wildman–Crippen MR) is 94.0 cm³/mol. The van der Waals surface area contributed by atoms with Gasteiger partial charge in [0.15, 0.2) is 6.61 Å². The molecule has 2 atom stereocenters. The van der Waals surface area contributed by atoms with Crippen LogP contribution in [0.2, 0.25) is 0 Å². The van der Waals surface area contributed by atoms with E-state index in [-0.39, 0.29) is 30.3 Å². The van der Waals surface area contributed by atoms with Crippen molar-refractivity contribution in [3.63, 3.8) is 0 Å². The molecule has 5 nitrogen and oxygen atoms in total. The molecule has 1 aromatic carbocycles. The quantitative estimate of drug-likeness (QED) is 0.798. The molecule has 1 aromatic heterocycles. The number of hydrogen-bond donors (Lipinski definition) is 0. The minimum Gasteiger partial charge on any atom is -0.455 e. The van der Waals surface area contributed by atoms with Crippen molar-refractivity contribution in [3.05, 3.63) is 29.3 Å². The number of benzene rings is 1. The van der Waals surface area contributed by atoms with E-state index in [1.165, 1.54) is 4.90 Å². The first-order valence-electron chi connectivity index (χ1n) is 8.28. The van der Waals surface area contributed by atoms with Crippen LogP contribution >= 0.6 is 11.3 Å². The smallest absolute Gasteiger partial charge is 0.310 e. The lowest BCUT2D eigenvalue weighted by Gasteiger charge is -2.28. The van der Waals surface area contributed by atoms with Crippen LogP contribution in [0, 0.1) is 5.92 Å². The van der Waals surface area contributed by atoms with E-state index in [0.717, 1.165) is 40.9 Å². The van der Waals surface area contributed by atoms with Gasteiger partial charge in [-0.15, -0.1) is 11.3 Å². The molecule has 0 saturated heterocycles. The number of likely N-dealkylation sites (N-methyl/N-ethyl adjacent to an activating group) is 1. The SMILES string of the molecule is CN(C)C(=O)COC(=O)[C@H]1CCCC[C@H]1c1nc2ccccc2s1. The summed E-state index contributed by atoms with van der Waals surface area (Å²) in [6.45, 7) is -0.186. The molecule has 1 heterocycles. The summed E-state index contributed by atoms with van der Waals surface area (Å²) < 4.78 is 6.42. The highest BCUT2D eigenvalue weighted by atomic mass is 32.1. The van der Waals surface area contributed by atoms with Crippen LogP contribution in [0.15, 0.2) is 24.3 Å². The van der Waals surface area contributed by atoms with Gasteiger partial charge in [0.2, 0.25) is 0 Å². The van der Waals surface area contributed by atoms with Crippen LogP contribution in [-0.4, -0.2) is 42.5 Å². The number of ether oxygens (including phenoxy) is 1. The van der Waals surface area contributed by atoms with Gasteiger partial charge < -0.3 is 9.64 Å². The highest BCUT2D eigenvalue weighted by molar-refractivity contribution is 7.18. The minimum absolute atomic E-state index is 0.0955. The second-order valence-corrected chi connectivity index (χ2v) is 7.48. The number of amides is 1. The number of esters is 1. The fourth-order valence-corrected chi connectivity index (χ4v) is 4.29. The van der Waals surface area contributed by atoms with Crippen molar-refractivity contribution >= 4 is 33.4 Å². The molecule has 0 N–H and O–H groups in total. The molecule has 3 rings (SSSR count). The van der Waals surface area contributed by atoms with Crippen molar-refractivity contribution in [1.82, 2.24) is 9.88 Å². The maximum Gasteiger partial charge on any atom is 0.310 e. The summed E-state index contributed by atoms with van der Waals surface area (Å²) in [5.74, 6) is -0.572. The van der Waals surface area contributed by atoms with Crippen LogP contribution in [0.4, 0.5) is 0 Å². The molecule has 1 aliphatic carbocycles. The number of carbonyl (C=O) groups excluding carboxylic acids is 2. The highest BCUT2D eigenvalue weighted by Crippen LogP contribution is 2.41. The Morgan fingerprint density at radius 2 is 2.00 bits per heavy atom. The summed E-state index contributed by atoms with van der Waals surface area (Å²) >= 11 is 1.66. The molecule has 1 amide bonds. The third-order valence-corrected chi connectivity index (χ3v) is 5.70. The first kappa shape index (κ1) is 16.9. The summed E-state index contributed by atoms with van der Waals surface area (Å²) in [5, 5.41) is 1.01. The number of rotatable bonds is 4. The molecule has 1 saturated carbocycles. The fraction of sp³-hybridized carbons (Fsp3) is 0.500. The molecule has 0 radical (unpaired) electrons. The van der Waals surface area contributed by atoms with Gasteiger partial charge in [-0.2, -0.15) is 0 Å². The predicted octanol–water partition coefficient (Wildman–Crippen LogP) is 3.20. The van der Waals surface area contributed by atoms with Crippen LogP contribution < -0.4 is 0 Å². The van der Waals surface area contributed by atoms with Gasteiger partial charge in [0.05, 0.1) is 21.1 Å². The molecule has 0 unspecified atom stereocenters. The molecule has 6 heteroatoms. The average molecular weight is 346 g/mol. The maximum atomic E-state index is 12.5. The first-order valence-corrected chi connectivity index (χ1v) is 9.10. The van der Waals surface area contributed by atoms with Gasteiger partial charge in [-0.1, -0.05) is 25.0 Å². The van der Waals surface area contributed by atoms with Gasteiger partial charge in [-0.3, -0.25) is 9.59 Å². The lowest BCUT2D eigenvalue weighted by atomic mass is 9.79. The van der Waals surface area contributed by atoms with Crippen LogP contribution in [-0.2, 0) is 14.3 Å². The molecule has 2 aromatic rings. The Balaban J connectivity index is 1.75. The van der Waals surface area contributed by atoms with Crippen LogP contribution in [0.5, 0.6) is 0 Å². The van der Waals surface area contributed by atoms with E-state index < -0.39 is 0 Å². The summed E-state index contributed by atoms with van der Waals surface area (Å²) in [7, 11) is 3.31.